The van der Waals surface area contributed by atoms with Gasteiger partial charge in [0.25, 0.3) is 0 Å². The number of thioether (sulfide) groups is 1. The van der Waals surface area contributed by atoms with Crippen molar-refractivity contribution in [2.75, 3.05) is 32.5 Å². The van der Waals surface area contributed by atoms with Crippen LogP contribution in [-0.4, -0.2) is 64.0 Å². The van der Waals surface area contributed by atoms with Crippen molar-refractivity contribution < 1.29 is 14.3 Å². The Hall–Kier alpha value is -2.55. The quantitative estimate of drug-likeness (QED) is 0.506. The highest BCUT2D eigenvalue weighted by Gasteiger charge is 2.19. The van der Waals surface area contributed by atoms with Crippen molar-refractivity contribution in [3.8, 4) is 17.1 Å². The number of benzene rings is 1. The Kier molecular flexibility index (Phi) is 6.91. The van der Waals surface area contributed by atoms with Crippen LogP contribution in [0.1, 0.15) is 19.3 Å². The maximum atomic E-state index is 12.1. The van der Waals surface area contributed by atoms with Crippen LogP contribution in [0.25, 0.3) is 11.4 Å². The van der Waals surface area contributed by atoms with Gasteiger partial charge in [-0.05, 0) is 37.1 Å². The number of nitrogens with zero attached hydrogens (tertiary/aromatic N) is 4. The number of nitrogens with one attached hydrogen (secondary N) is 1. The summed E-state index contributed by atoms with van der Waals surface area (Å²) in [5, 5.41) is 12.0. The van der Waals surface area contributed by atoms with Crippen molar-refractivity contribution in [3.63, 3.8) is 0 Å². The molecule has 1 aliphatic heterocycles. The highest BCUT2D eigenvalue weighted by molar-refractivity contribution is 7.99. The maximum absolute atomic E-state index is 12.1. The first-order valence-electron chi connectivity index (χ1n) is 9.29. The minimum atomic E-state index is -0.0493. The fraction of sp³-hybridized carbons (Fsp3) is 0.474. The number of hydrogen-bond donors (Lipinski definition) is 1. The summed E-state index contributed by atoms with van der Waals surface area (Å²) < 4.78 is 7.04. The molecule has 0 aliphatic carbocycles. The van der Waals surface area contributed by atoms with E-state index in [9.17, 15) is 9.59 Å². The van der Waals surface area contributed by atoms with E-state index in [-0.39, 0.29) is 17.6 Å². The van der Waals surface area contributed by atoms with Crippen molar-refractivity contribution in [3.05, 3.63) is 24.3 Å². The van der Waals surface area contributed by atoms with Crippen LogP contribution in [0.4, 0.5) is 0 Å². The second kappa shape index (κ2) is 9.59. The van der Waals surface area contributed by atoms with E-state index in [4.69, 9.17) is 4.74 Å². The van der Waals surface area contributed by atoms with Gasteiger partial charge in [-0.15, -0.1) is 10.2 Å². The fourth-order valence-electron chi connectivity index (χ4n) is 3.05. The lowest BCUT2D eigenvalue weighted by molar-refractivity contribution is -0.127. The minimum Gasteiger partial charge on any atom is -0.497 e. The van der Waals surface area contributed by atoms with E-state index >= 15 is 0 Å². The Morgan fingerprint density at radius 1 is 1.29 bits per heavy atom. The van der Waals surface area contributed by atoms with Crippen LogP contribution in [-0.2, 0) is 16.6 Å². The molecule has 28 heavy (non-hydrogen) atoms. The van der Waals surface area contributed by atoms with Crippen molar-refractivity contribution in [2.24, 2.45) is 7.05 Å². The molecule has 1 N–H and O–H groups in total. The number of aromatic nitrogens is 3. The zero-order valence-electron chi connectivity index (χ0n) is 16.2. The van der Waals surface area contributed by atoms with Crippen LogP contribution in [0.2, 0.25) is 0 Å². The SMILES string of the molecule is COc1ccc(-c2nnc(SCC(=O)NCCCN3CCCC3=O)n2C)cc1. The van der Waals surface area contributed by atoms with E-state index in [1.807, 2.05) is 40.8 Å². The van der Waals surface area contributed by atoms with Crippen LogP contribution in [0.5, 0.6) is 5.75 Å². The standard InChI is InChI=1S/C19H25N5O3S/c1-23-18(14-6-8-15(27-2)9-7-14)21-22-19(23)28-13-16(25)20-10-4-12-24-11-3-5-17(24)26/h6-9H,3-5,10-13H2,1-2H3,(H,20,25). The number of hydrogen-bond acceptors (Lipinski definition) is 6. The summed E-state index contributed by atoms with van der Waals surface area (Å²) in [7, 11) is 3.51. The molecule has 0 saturated carbocycles. The van der Waals surface area contributed by atoms with Gasteiger partial charge in [0.05, 0.1) is 12.9 Å². The van der Waals surface area contributed by atoms with Crippen molar-refractivity contribution in [1.29, 1.82) is 0 Å². The summed E-state index contributed by atoms with van der Waals surface area (Å²) in [6.45, 7) is 2.12. The lowest BCUT2D eigenvalue weighted by Gasteiger charge is -2.15. The van der Waals surface area contributed by atoms with E-state index in [1.165, 1.54) is 11.8 Å². The summed E-state index contributed by atoms with van der Waals surface area (Å²) in [6, 6.07) is 7.60. The van der Waals surface area contributed by atoms with Gasteiger partial charge in [-0.2, -0.15) is 0 Å². The number of carbonyl (C=O) groups excluding carboxylic acids is 2. The minimum absolute atomic E-state index is 0.0493. The van der Waals surface area contributed by atoms with Crippen molar-refractivity contribution in [2.45, 2.75) is 24.4 Å². The molecule has 0 unspecified atom stereocenters. The van der Waals surface area contributed by atoms with Gasteiger partial charge >= 0.3 is 0 Å². The van der Waals surface area contributed by atoms with E-state index in [1.54, 1.807) is 7.11 Å². The Morgan fingerprint density at radius 3 is 2.75 bits per heavy atom. The first kappa shape index (κ1) is 20.2. The number of ether oxygens (including phenoxy) is 1. The van der Waals surface area contributed by atoms with Crippen LogP contribution < -0.4 is 10.1 Å². The molecule has 1 saturated heterocycles. The number of rotatable bonds is 9. The van der Waals surface area contributed by atoms with Crippen molar-refractivity contribution in [1.82, 2.24) is 25.0 Å². The van der Waals surface area contributed by atoms with E-state index in [0.717, 1.165) is 36.5 Å². The number of likely N-dealkylation sites (tertiary alicyclic amines) is 1. The van der Waals surface area contributed by atoms with Gasteiger partial charge in [-0.1, -0.05) is 11.8 Å². The molecule has 2 amide bonds. The predicted molar refractivity (Wildman–Crippen MR) is 107 cm³/mol. The summed E-state index contributed by atoms with van der Waals surface area (Å²) in [5.41, 5.74) is 0.934. The highest BCUT2D eigenvalue weighted by atomic mass is 32.2. The smallest absolute Gasteiger partial charge is 0.230 e. The normalized spacial score (nSPS) is 13.8. The molecule has 0 radical (unpaired) electrons. The molecule has 9 heteroatoms. The molecule has 0 atom stereocenters. The number of amides is 2. The van der Waals surface area contributed by atoms with Gasteiger partial charge in [-0.3, -0.25) is 9.59 Å². The number of methoxy groups -OCH3 is 1. The first-order chi connectivity index (χ1) is 13.6. The van der Waals surface area contributed by atoms with Crippen LogP contribution >= 0.6 is 11.8 Å². The molecule has 3 rings (SSSR count). The highest BCUT2D eigenvalue weighted by Crippen LogP contribution is 2.24. The monoisotopic (exact) mass is 403 g/mol. The van der Waals surface area contributed by atoms with E-state index < -0.39 is 0 Å². The molecule has 0 spiro atoms. The third-order valence-corrected chi connectivity index (χ3v) is 5.63. The lowest BCUT2D eigenvalue weighted by Crippen LogP contribution is -2.31. The first-order valence-corrected chi connectivity index (χ1v) is 10.3. The van der Waals surface area contributed by atoms with E-state index in [0.29, 0.717) is 24.7 Å². The largest absolute Gasteiger partial charge is 0.497 e. The third kappa shape index (κ3) is 5.03. The van der Waals surface area contributed by atoms with Gasteiger partial charge < -0.3 is 19.5 Å². The third-order valence-electron chi connectivity index (χ3n) is 4.61. The molecule has 2 aromatic rings. The second-order valence-electron chi connectivity index (χ2n) is 6.57. The Morgan fingerprint density at radius 2 is 2.07 bits per heavy atom. The van der Waals surface area contributed by atoms with Gasteiger partial charge in [-0.25, -0.2) is 0 Å². The van der Waals surface area contributed by atoms with Crippen LogP contribution in [0.15, 0.2) is 29.4 Å². The summed E-state index contributed by atoms with van der Waals surface area (Å²) in [6.07, 6.45) is 2.37. The molecule has 8 nitrogen and oxygen atoms in total. The molecule has 150 valence electrons. The Balaban J connectivity index is 1.43. The molecule has 1 aliphatic rings. The van der Waals surface area contributed by atoms with Gasteiger partial charge in [0.2, 0.25) is 11.8 Å². The Bertz CT molecular complexity index is 821. The Labute approximate surface area is 168 Å². The summed E-state index contributed by atoms with van der Waals surface area (Å²) >= 11 is 1.35. The number of carbonyl (C=O) groups is 2. The molecule has 1 aromatic heterocycles. The average molecular weight is 404 g/mol. The average Bonchev–Trinajstić information content (AvgIpc) is 3.29. The van der Waals surface area contributed by atoms with Crippen LogP contribution in [0, 0.1) is 0 Å². The predicted octanol–water partition coefficient (Wildman–Crippen LogP) is 1.71. The zero-order valence-corrected chi connectivity index (χ0v) is 17.0. The molecular formula is C19H25N5O3S. The van der Waals surface area contributed by atoms with Gasteiger partial charge in [0.15, 0.2) is 11.0 Å². The van der Waals surface area contributed by atoms with Gasteiger partial charge in [0, 0.05) is 38.7 Å². The lowest BCUT2D eigenvalue weighted by atomic mass is 10.2. The summed E-state index contributed by atoms with van der Waals surface area (Å²) in [4.78, 5) is 25.5. The molecule has 1 aromatic carbocycles. The topological polar surface area (TPSA) is 89.3 Å². The maximum Gasteiger partial charge on any atom is 0.230 e. The fourth-order valence-corrected chi connectivity index (χ4v) is 3.79. The molecule has 2 heterocycles. The second-order valence-corrected chi connectivity index (χ2v) is 7.51. The van der Waals surface area contributed by atoms with E-state index in [2.05, 4.69) is 15.5 Å². The van der Waals surface area contributed by atoms with Crippen LogP contribution in [0.3, 0.4) is 0 Å². The molecular weight excluding hydrogens is 378 g/mol. The molecule has 0 bridgehead atoms. The van der Waals surface area contributed by atoms with Crippen molar-refractivity contribution >= 4 is 23.6 Å². The zero-order chi connectivity index (χ0) is 19.9. The molecule has 1 fully saturated rings. The summed E-state index contributed by atoms with van der Waals surface area (Å²) in [5.74, 6) is 1.97. The van der Waals surface area contributed by atoms with Gasteiger partial charge in [0.1, 0.15) is 5.75 Å².